The number of anilines is 1. The first kappa shape index (κ1) is 22.5. The van der Waals surface area contributed by atoms with Crippen LogP contribution in [0, 0.1) is 19.7 Å². The van der Waals surface area contributed by atoms with Crippen molar-refractivity contribution in [1.82, 2.24) is 5.32 Å². The number of hydrogen-bond acceptors (Lipinski definition) is 3. The summed E-state index contributed by atoms with van der Waals surface area (Å²) in [7, 11) is -4.15. The number of para-hydroxylation sites is 1. The summed E-state index contributed by atoms with van der Waals surface area (Å²) in [6, 6.07) is 18.7. The minimum atomic E-state index is -4.15. The molecule has 0 aliphatic carbocycles. The van der Waals surface area contributed by atoms with Crippen molar-refractivity contribution in [3.05, 3.63) is 95.3 Å². The molecule has 0 aromatic heterocycles. The summed E-state index contributed by atoms with van der Waals surface area (Å²) < 4.78 is 41.8. The van der Waals surface area contributed by atoms with E-state index in [0.717, 1.165) is 21.0 Å². The summed E-state index contributed by atoms with van der Waals surface area (Å²) in [5.74, 6) is -1.26. The normalized spacial score (nSPS) is 12.3. The molecule has 0 saturated carbocycles. The molecule has 1 N–H and O–H groups in total. The van der Waals surface area contributed by atoms with Gasteiger partial charge in [0.15, 0.2) is 0 Å². The van der Waals surface area contributed by atoms with Crippen LogP contribution in [0.25, 0.3) is 0 Å². The zero-order valence-corrected chi connectivity index (χ0v) is 18.5. The summed E-state index contributed by atoms with van der Waals surface area (Å²) in [4.78, 5) is 12.8. The maximum Gasteiger partial charge on any atom is 0.264 e. The molecular formula is C24H25FN2O3S. The topological polar surface area (TPSA) is 66.5 Å². The van der Waals surface area contributed by atoms with Crippen molar-refractivity contribution < 1.29 is 17.6 Å². The molecule has 0 unspecified atom stereocenters. The van der Waals surface area contributed by atoms with Crippen LogP contribution in [0.1, 0.15) is 29.7 Å². The van der Waals surface area contributed by atoms with Crippen LogP contribution < -0.4 is 9.62 Å². The number of nitrogens with one attached hydrogen (secondary N) is 1. The van der Waals surface area contributed by atoms with Gasteiger partial charge in [0.1, 0.15) is 12.4 Å². The standard InChI is InChI=1S/C24H25FN2O3S/c1-17-13-14-20(15-18(17)2)19(3)26-24(28)16-27(23-12-8-7-11-22(23)25)31(29,30)21-9-5-4-6-10-21/h4-15,19H,16H2,1-3H3,(H,26,28)/t19-/m0/s1. The van der Waals surface area contributed by atoms with Crippen molar-refractivity contribution in [2.24, 2.45) is 0 Å². The van der Waals surface area contributed by atoms with Gasteiger partial charge in [-0.3, -0.25) is 9.10 Å². The Balaban J connectivity index is 1.89. The average Bonchev–Trinajstić information content (AvgIpc) is 2.75. The number of carbonyl (C=O) groups is 1. The molecule has 0 aliphatic heterocycles. The Morgan fingerprint density at radius 2 is 1.61 bits per heavy atom. The van der Waals surface area contributed by atoms with Crippen LogP contribution in [0.5, 0.6) is 0 Å². The Kier molecular flexibility index (Phi) is 6.75. The summed E-state index contributed by atoms with van der Waals surface area (Å²) in [6.07, 6.45) is 0. The van der Waals surface area contributed by atoms with E-state index < -0.39 is 28.3 Å². The third-order valence-electron chi connectivity index (χ3n) is 5.15. The zero-order valence-electron chi connectivity index (χ0n) is 17.7. The molecule has 0 radical (unpaired) electrons. The van der Waals surface area contributed by atoms with E-state index in [2.05, 4.69) is 5.32 Å². The van der Waals surface area contributed by atoms with Crippen molar-refractivity contribution >= 4 is 21.6 Å². The molecule has 0 saturated heterocycles. The molecule has 3 aromatic rings. The Hall–Kier alpha value is -3.19. The summed E-state index contributed by atoms with van der Waals surface area (Å²) in [6.45, 7) is 5.26. The molecule has 3 aromatic carbocycles. The quantitative estimate of drug-likeness (QED) is 0.588. The molecule has 5 nitrogen and oxygen atoms in total. The fraction of sp³-hybridized carbons (Fsp3) is 0.208. The van der Waals surface area contributed by atoms with E-state index in [4.69, 9.17) is 0 Å². The number of aryl methyl sites for hydroxylation is 2. The number of nitrogens with zero attached hydrogens (tertiary/aromatic N) is 1. The lowest BCUT2D eigenvalue weighted by atomic mass is 10.0. The van der Waals surface area contributed by atoms with Gasteiger partial charge in [-0.1, -0.05) is 48.5 Å². The predicted octanol–water partition coefficient (Wildman–Crippen LogP) is 4.52. The van der Waals surface area contributed by atoms with Gasteiger partial charge in [-0.25, -0.2) is 12.8 Å². The Bertz CT molecular complexity index is 1180. The summed E-state index contributed by atoms with van der Waals surface area (Å²) in [5.41, 5.74) is 2.96. The first-order valence-corrected chi connectivity index (χ1v) is 11.3. The molecular weight excluding hydrogens is 415 g/mol. The SMILES string of the molecule is Cc1ccc([C@H](C)NC(=O)CN(c2ccccc2F)S(=O)(=O)c2ccccc2)cc1C. The van der Waals surface area contributed by atoms with Crippen molar-refractivity contribution in [2.75, 3.05) is 10.8 Å². The van der Waals surface area contributed by atoms with E-state index >= 15 is 0 Å². The summed E-state index contributed by atoms with van der Waals surface area (Å²) in [5, 5.41) is 2.82. The third kappa shape index (κ3) is 5.11. The monoisotopic (exact) mass is 440 g/mol. The van der Waals surface area contributed by atoms with Crippen molar-refractivity contribution in [3.63, 3.8) is 0 Å². The van der Waals surface area contributed by atoms with Crippen LogP contribution in [0.2, 0.25) is 0 Å². The lowest BCUT2D eigenvalue weighted by Crippen LogP contribution is -2.42. The van der Waals surface area contributed by atoms with Crippen LogP contribution in [-0.4, -0.2) is 20.9 Å². The molecule has 0 aliphatic rings. The van der Waals surface area contributed by atoms with E-state index in [1.54, 1.807) is 18.2 Å². The fourth-order valence-corrected chi connectivity index (χ4v) is 4.66. The number of halogens is 1. The second kappa shape index (κ2) is 9.31. The minimum Gasteiger partial charge on any atom is -0.348 e. The third-order valence-corrected chi connectivity index (χ3v) is 6.92. The molecule has 1 atom stereocenters. The summed E-state index contributed by atoms with van der Waals surface area (Å²) >= 11 is 0. The van der Waals surface area contributed by atoms with E-state index in [0.29, 0.717) is 0 Å². The number of carbonyl (C=O) groups excluding carboxylic acids is 1. The molecule has 162 valence electrons. The van der Waals surface area contributed by atoms with E-state index in [1.807, 2.05) is 39.0 Å². The molecule has 1 amide bonds. The first-order valence-electron chi connectivity index (χ1n) is 9.89. The highest BCUT2D eigenvalue weighted by Crippen LogP contribution is 2.26. The van der Waals surface area contributed by atoms with E-state index in [1.165, 1.54) is 36.4 Å². The Labute approximate surface area is 182 Å². The molecule has 0 spiro atoms. The maximum absolute atomic E-state index is 14.5. The Morgan fingerprint density at radius 3 is 2.26 bits per heavy atom. The predicted molar refractivity (Wildman–Crippen MR) is 120 cm³/mol. The molecule has 3 rings (SSSR count). The van der Waals surface area contributed by atoms with Crippen molar-refractivity contribution in [3.8, 4) is 0 Å². The van der Waals surface area contributed by atoms with Gasteiger partial charge in [0.05, 0.1) is 16.6 Å². The molecule has 31 heavy (non-hydrogen) atoms. The number of benzene rings is 3. The number of rotatable bonds is 7. The minimum absolute atomic E-state index is 0.0201. The number of amides is 1. The first-order chi connectivity index (χ1) is 14.7. The highest BCUT2D eigenvalue weighted by Gasteiger charge is 2.29. The second-order valence-electron chi connectivity index (χ2n) is 7.41. The van der Waals surface area contributed by atoms with Crippen LogP contribution >= 0.6 is 0 Å². The van der Waals surface area contributed by atoms with Crippen molar-refractivity contribution in [1.29, 1.82) is 0 Å². The van der Waals surface area contributed by atoms with Gasteiger partial charge >= 0.3 is 0 Å². The van der Waals surface area contributed by atoms with E-state index in [9.17, 15) is 17.6 Å². The highest BCUT2D eigenvalue weighted by molar-refractivity contribution is 7.92. The molecule has 7 heteroatoms. The van der Waals surface area contributed by atoms with Gasteiger partial charge in [0, 0.05) is 0 Å². The van der Waals surface area contributed by atoms with Gasteiger partial charge < -0.3 is 5.32 Å². The largest absolute Gasteiger partial charge is 0.348 e. The Morgan fingerprint density at radius 1 is 0.968 bits per heavy atom. The van der Waals surface area contributed by atoms with Gasteiger partial charge in [-0.2, -0.15) is 0 Å². The van der Waals surface area contributed by atoms with Gasteiger partial charge in [-0.05, 0) is 61.7 Å². The van der Waals surface area contributed by atoms with Crippen LogP contribution in [-0.2, 0) is 14.8 Å². The zero-order chi connectivity index (χ0) is 22.6. The van der Waals surface area contributed by atoms with Crippen LogP contribution in [0.3, 0.4) is 0 Å². The maximum atomic E-state index is 14.5. The van der Waals surface area contributed by atoms with Gasteiger partial charge in [0.2, 0.25) is 5.91 Å². The second-order valence-corrected chi connectivity index (χ2v) is 9.27. The number of hydrogen-bond donors (Lipinski definition) is 1. The number of sulfonamides is 1. The lowest BCUT2D eigenvalue weighted by molar-refractivity contribution is -0.120. The molecule has 0 fully saturated rings. The van der Waals surface area contributed by atoms with Gasteiger partial charge in [0.25, 0.3) is 10.0 Å². The lowest BCUT2D eigenvalue weighted by Gasteiger charge is -2.25. The smallest absolute Gasteiger partial charge is 0.264 e. The fourth-order valence-electron chi connectivity index (χ4n) is 3.21. The highest BCUT2D eigenvalue weighted by atomic mass is 32.2. The van der Waals surface area contributed by atoms with Crippen molar-refractivity contribution in [2.45, 2.75) is 31.7 Å². The van der Waals surface area contributed by atoms with E-state index in [-0.39, 0.29) is 16.6 Å². The molecule has 0 heterocycles. The molecule has 0 bridgehead atoms. The average molecular weight is 441 g/mol. The van der Waals surface area contributed by atoms with Crippen LogP contribution in [0.15, 0.2) is 77.7 Å². The van der Waals surface area contributed by atoms with Crippen LogP contribution in [0.4, 0.5) is 10.1 Å². The van der Waals surface area contributed by atoms with Gasteiger partial charge in [-0.15, -0.1) is 0 Å².